The van der Waals surface area contributed by atoms with Crippen LogP contribution in [0.25, 0.3) is 0 Å². The van der Waals surface area contributed by atoms with E-state index in [0.29, 0.717) is 12.3 Å². The van der Waals surface area contributed by atoms with Crippen LogP contribution in [0.4, 0.5) is 5.69 Å². The number of nitrogens with zero attached hydrogens (tertiary/aromatic N) is 2. The van der Waals surface area contributed by atoms with E-state index in [0.717, 1.165) is 29.5 Å². The second-order valence-electron chi connectivity index (χ2n) is 5.05. The van der Waals surface area contributed by atoms with E-state index in [2.05, 4.69) is 10.5 Å². The molecule has 2 aromatic rings. The summed E-state index contributed by atoms with van der Waals surface area (Å²) >= 11 is 0. The third-order valence-electron chi connectivity index (χ3n) is 3.34. The molecular formula is C17H17N3O5. The maximum absolute atomic E-state index is 12.1. The summed E-state index contributed by atoms with van der Waals surface area (Å²) in [6, 6.07) is 10.3. The number of phenolic OH excluding ortho intramolecular Hbond substituents is 1. The number of nitro groups is 1. The summed E-state index contributed by atoms with van der Waals surface area (Å²) in [4.78, 5) is 22.2. The van der Waals surface area contributed by atoms with Crippen LogP contribution in [0.1, 0.15) is 29.8 Å². The Balaban J connectivity index is 2.13. The molecule has 0 saturated heterocycles. The van der Waals surface area contributed by atoms with Gasteiger partial charge in [-0.25, -0.2) is 5.43 Å². The molecule has 0 unspecified atom stereocenters. The van der Waals surface area contributed by atoms with Crippen molar-refractivity contribution in [1.29, 1.82) is 0 Å². The van der Waals surface area contributed by atoms with Gasteiger partial charge in [0.2, 0.25) is 0 Å². The Morgan fingerprint density at radius 3 is 2.56 bits per heavy atom. The van der Waals surface area contributed by atoms with Crippen LogP contribution in [0.15, 0.2) is 47.6 Å². The van der Waals surface area contributed by atoms with Crippen LogP contribution < -0.4 is 10.2 Å². The number of hydrazone groups is 1. The number of ether oxygens (including phenoxy) is 1. The van der Waals surface area contributed by atoms with Crippen LogP contribution in [-0.2, 0) is 0 Å². The van der Waals surface area contributed by atoms with Gasteiger partial charge in [0.25, 0.3) is 11.6 Å². The van der Waals surface area contributed by atoms with Gasteiger partial charge in [0, 0.05) is 12.1 Å². The third-order valence-corrected chi connectivity index (χ3v) is 3.34. The summed E-state index contributed by atoms with van der Waals surface area (Å²) < 4.78 is 5.35. The number of hydrogen-bond acceptors (Lipinski definition) is 6. The predicted molar refractivity (Wildman–Crippen MR) is 92.0 cm³/mol. The predicted octanol–water partition coefficient (Wildman–Crippen LogP) is 2.85. The van der Waals surface area contributed by atoms with Crippen molar-refractivity contribution in [3.8, 4) is 11.5 Å². The molecule has 0 bridgehead atoms. The lowest BCUT2D eigenvalue weighted by molar-refractivity contribution is -0.384. The van der Waals surface area contributed by atoms with Crippen molar-refractivity contribution in [1.82, 2.24) is 5.43 Å². The lowest BCUT2D eigenvalue weighted by Crippen LogP contribution is -2.19. The molecule has 0 spiro atoms. The Labute approximate surface area is 143 Å². The van der Waals surface area contributed by atoms with E-state index in [4.69, 9.17) is 4.74 Å². The molecule has 1 amide bonds. The largest absolute Gasteiger partial charge is 0.507 e. The van der Waals surface area contributed by atoms with Crippen molar-refractivity contribution in [2.75, 3.05) is 6.61 Å². The molecule has 0 aliphatic rings. The summed E-state index contributed by atoms with van der Waals surface area (Å²) in [5, 5.41) is 24.4. The van der Waals surface area contributed by atoms with Crippen LogP contribution in [-0.4, -0.2) is 28.3 Å². The minimum Gasteiger partial charge on any atom is -0.507 e. The molecule has 0 atom stereocenters. The van der Waals surface area contributed by atoms with E-state index in [1.54, 1.807) is 31.2 Å². The number of phenols is 1. The normalized spacial score (nSPS) is 11.0. The average molecular weight is 343 g/mol. The maximum atomic E-state index is 12.1. The first kappa shape index (κ1) is 17.9. The number of carbonyl (C=O) groups is 1. The second-order valence-corrected chi connectivity index (χ2v) is 5.05. The van der Waals surface area contributed by atoms with Gasteiger partial charge >= 0.3 is 0 Å². The summed E-state index contributed by atoms with van der Waals surface area (Å²) in [6.07, 6.45) is 0. The fraction of sp³-hybridized carbons (Fsp3) is 0.176. The number of nitro benzene ring substituents is 1. The summed E-state index contributed by atoms with van der Waals surface area (Å²) in [5.74, 6) is -0.381. The Morgan fingerprint density at radius 2 is 1.96 bits per heavy atom. The van der Waals surface area contributed by atoms with Crippen molar-refractivity contribution in [2.24, 2.45) is 5.10 Å². The van der Waals surface area contributed by atoms with Gasteiger partial charge in [0.15, 0.2) is 0 Å². The molecule has 8 heteroatoms. The highest BCUT2D eigenvalue weighted by atomic mass is 16.6. The highest BCUT2D eigenvalue weighted by molar-refractivity contribution is 6.01. The number of non-ortho nitro benzene ring substituents is 1. The number of rotatable bonds is 6. The van der Waals surface area contributed by atoms with Crippen LogP contribution in [0, 0.1) is 10.1 Å². The molecule has 0 heterocycles. The van der Waals surface area contributed by atoms with Crippen molar-refractivity contribution in [3.63, 3.8) is 0 Å². The number of aromatic hydroxyl groups is 1. The number of amides is 1. The van der Waals surface area contributed by atoms with Crippen LogP contribution in [0.2, 0.25) is 0 Å². The lowest BCUT2D eigenvalue weighted by Gasteiger charge is -2.06. The first-order valence-electron chi connectivity index (χ1n) is 7.47. The van der Waals surface area contributed by atoms with Gasteiger partial charge in [0.1, 0.15) is 11.5 Å². The molecule has 0 aliphatic carbocycles. The van der Waals surface area contributed by atoms with Crippen molar-refractivity contribution in [2.45, 2.75) is 13.8 Å². The molecule has 25 heavy (non-hydrogen) atoms. The molecule has 0 aromatic heterocycles. The molecule has 130 valence electrons. The molecule has 2 aromatic carbocycles. The minimum absolute atomic E-state index is 0.225. The topological polar surface area (TPSA) is 114 Å². The number of carbonyl (C=O) groups excluding carboxylic acids is 1. The highest BCUT2D eigenvalue weighted by Gasteiger charge is 2.16. The van der Waals surface area contributed by atoms with Gasteiger partial charge in [-0.3, -0.25) is 14.9 Å². The fourth-order valence-corrected chi connectivity index (χ4v) is 2.04. The Bertz CT molecular complexity index is 816. The zero-order valence-electron chi connectivity index (χ0n) is 13.7. The van der Waals surface area contributed by atoms with E-state index in [-0.39, 0.29) is 17.0 Å². The highest BCUT2D eigenvalue weighted by Crippen LogP contribution is 2.22. The molecule has 0 fully saturated rings. The van der Waals surface area contributed by atoms with E-state index >= 15 is 0 Å². The fourth-order valence-electron chi connectivity index (χ4n) is 2.04. The van der Waals surface area contributed by atoms with E-state index in [1.807, 2.05) is 6.92 Å². The van der Waals surface area contributed by atoms with Crippen molar-refractivity contribution < 1.29 is 19.6 Å². The smallest absolute Gasteiger partial charge is 0.275 e. The van der Waals surface area contributed by atoms with Crippen molar-refractivity contribution >= 4 is 17.3 Å². The molecular weight excluding hydrogens is 326 g/mol. The zero-order valence-corrected chi connectivity index (χ0v) is 13.7. The summed E-state index contributed by atoms with van der Waals surface area (Å²) in [5.41, 5.74) is 3.06. The molecule has 0 saturated carbocycles. The van der Waals surface area contributed by atoms with Crippen LogP contribution in [0.3, 0.4) is 0 Å². The van der Waals surface area contributed by atoms with Gasteiger partial charge in [-0.05, 0) is 49.7 Å². The SMILES string of the molecule is CCOc1ccc(/C(C)=N\NC(=O)c2cc([N+](=O)[O-])ccc2O)cc1. The summed E-state index contributed by atoms with van der Waals surface area (Å²) in [6.45, 7) is 4.15. The first-order valence-corrected chi connectivity index (χ1v) is 7.47. The molecule has 0 aliphatic heterocycles. The van der Waals surface area contributed by atoms with Gasteiger partial charge in [-0.1, -0.05) is 0 Å². The molecule has 2 N–H and O–H groups in total. The van der Waals surface area contributed by atoms with E-state index in [1.165, 1.54) is 0 Å². The number of hydrogen-bond donors (Lipinski definition) is 2. The quantitative estimate of drug-likeness (QED) is 0.475. The third kappa shape index (κ3) is 4.54. The van der Waals surface area contributed by atoms with Crippen LogP contribution in [0.5, 0.6) is 11.5 Å². The first-order chi connectivity index (χ1) is 11.9. The van der Waals surface area contributed by atoms with Crippen molar-refractivity contribution in [3.05, 3.63) is 63.7 Å². The van der Waals surface area contributed by atoms with Gasteiger partial charge in [-0.2, -0.15) is 5.10 Å². The monoisotopic (exact) mass is 343 g/mol. The Kier molecular flexibility index (Phi) is 5.67. The second kappa shape index (κ2) is 7.91. The zero-order chi connectivity index (χ0) is 18.4. The molecule has 8 nitrogen and oxygen atoms in total. The van der Waals surface area contributed by atoms with Crippen LogP contribution >= 0.6 is 0 Å². The molecule has 2 rings (SSSR count). The van der Waals surface area contributed by atoms with Gasteiger partial charge in [0.05, 0.1) is 22.8 Å². The van der Waals surface area contributed by atoms with E-state index < -0.39 is 10.8 Å². The average Bonchev–Trinajstić information content (AvgIpc) is 2.60. The van der Waals surface area contributed by atoms with Gasteiger partial charge < -0.3 is 9.84 Å². The lowest BCUT2D eigenvalue weighted by atomic mass is 10.1. The Hall–Kier alpha value is -3.42. The van der Waals surface area contributed by atoms with Gasteiger partial charge in [-0.15, -0.1) is 0 Å². The summed E-state index contributed by atoms with van der Waals surface area (Å²) in [7, 11) is 0. The minimum atomic E-state index is -0.744. The number of benzene rings is 2. The molecule has 0 radical (unpaired) electrons. The standard InChI is InChI=1S/C17H17N3O5/c1-3-25-14-7-4-12(5-8-14)11(2)18-19-17(22)15-10-13(20(23)24)6-9-16(15)21/h4-10,21H,3H2,1-2H3,(H,19,22)/b18-11-. The Morgan fingerprint density at radius 1 is 1.28 bits per heavy atom. The van der Waals surface area contributed by atoms with E-state index in [9.17, 15) is 20.0 Å². The number of nitrogens with one attached hydrogen (secondary N) is 1. The maximum Gasteiger partial charge on any atom is 0.275 e.